The van der Waals surface area contributed by atoms with Gasteiger partial charge < -0.3 is 8.85 Å². The summed E-state index contributed by atoms with van der Waals surface area (Å²) in [6.45, 7) is 7.84. The second-order valence-electron chi connectivity index (χ2n) is 7.13. The van der Waals surface area contributed by atoms with Gasteiger partial charge in [-0.25, -0.2) is 0 Å². The predicted molar refractivity (Wildman–Crippen MR) is 82.6 cm³/mol. The Kier molecular flexibility index (Phi) is 5.13. The van der Waals surface area contributed by atoms with Crippen molar-refractivity contribution in [1.82, 2.24) is 0 Å². The second kappa shape index (κ2) is 6.27. The number of hydrogen-bond donors (Lipinski definition) is 0. The van der Waals surface area contributed by atoms with Crippen LogP contribution in [0.5, 0.6) is 0 Å². The first-order valence-electron chi connectivity index (χ1n) is 8.26. The van der Waals surface area contributed by atoms with E-state index >= 15 is 0 Å². The molecule has 2 aliphatic rings. The lowest BCUT2D eigenvalue weighted by molar-refractivity contribution is 0.156. The van der Waals surface area contributed by atoms with Gasteiger partial charge in [0.1, 0.15) is 0 Å². The highest BCUT2D eigenvalue weighted by molar-refractivity contribution is 6.70. The monoisotopic (exact) mass is 284 g/mol. The highest BCUT2D eigenvalue weighted by Gasteiger charge is 2.57. The van der Waals surface area contributed by atoms with Crippen molar-refractivity contribution in [3.63, 3.8) is 0 Å². The summed E-state index contributed by atoms with van der Waals surface area (Å²) in [5, 5.41) is 0. The zero-order valence-electron chi connectivity index (χ0n) is 13.3. The van der Waals surface area contributed by atoms with Crippen molar-refractivity contribution in [2.24, 2.45) is 5.41 Å². The third-order valence-corrected chi connectivity index (χ3v) is 10.7. The molecular weight excluding hydrogens is 252 g/mol. The van der Waals surface area contributed by atoms with Crippen molar-refractivity contribution in [2.45, 2.75) is 83.2 Å². The quantitative estimate of drug-likeness (QED) is 0.659. The molecule has 0 aromatic heterocycles. The van der Waals surface area contributed by atoms with Gasteiger partial charge in [-0.3, -0.25) is 0 Å². The summed E-state index contributed by atoms with van der Waals surface area (Å²) in [7, 11) is -0.136. The van der Waals surface area contributed by atoms with Crippen LogP contribution in [0.3, 0.4) is 0 Å². The summed E-state index contributed by atoms with van der Waals surface area (Å²) in [5.41, 5.74) is 1.83. The van der Waals surface area contributed by atoms with Crippen LogP contribution in [0.25, 0.3) is 0 Å². The van der Waals surface area contributed by atoms with E-state index in [1.165, 1.54) is 51.4 Å². The Morgan fingerprint density at radius 3 is 2.21 bits per heavy atom. The zero-order chi connectivity index (χ0) is 13.9. The van der Waals surface area contributed by atoms with Gasteiger partial charge in [-0.1, -0.05) is 39.5 Å². The lowest BCUT2D eigenvalue weighted by Crippen LogP contribution is -2.53. The molecule has 2 nitrogen and oxygen atoms in total. The fourth-order valence-electron chi connectivity index (χ4n) is 4.67. The van der Waals surface area contributed by atoms with Crippen molar-refractivity contribution in [2.75, 3.05) is 13.7 Å². The highest BCUT2D eigenvalue weighted by atomic mass is 28.4. The molecule has 19 heavy (non-hydrogen) atoms. The van der Waals surface area contributed by atoms with E-state index in [2.05, 4.69) is 20.8 Å². The molecule has 0 saturated heterocycles. The van der Waals surface area contributed by atoms with Crippen molar-refractivity contribution < 1.29 is 8.85 Å². The maximum atomic E-state index is 6.45. The molecule has 3 heteroatoms. The van der Waals surface area contributed by atoms with Crippen LogP contribution >= 0.6 is 0 Å². The van der Waals surface area contributed by atoms with Crippen LogP contribution in [0, 0.1) is 5.41 Å². The minimum atomic E-state index is -2.07. The first-order valence-corrected chi connectivity index (χ1v) is 10.2. The van der Waals surface area contributed by atoms with Crippen molar-refractivity contribution >= 4 is 8.56 Å². The molecule has 0 aromatic rings. The van der Waals surface area contributed by atoms with Crippen LogP contribution in [-0.2, 0) is 8.85 Å². The average molecular weight is 285 g/mol. The van der Waals surface area contributed by atoms with Crippen LogP contribution in [0.15, 0.2) is 0 Å². The zero-order valence-corrected chi connectivity index (χ0v) is 14.3. The Morgan fingerprint density at radius 1 is 1.05 bits per heavy atom. The largest absolute Gasteiger partial charge is 0.397 e. The molecule has 0 heterocycles. The third kappa shape index (κ3) is 2.93. The summed E-state index contributed by atoms with van der Waals surface area (Å²) < 4.78 is 12.7. The van der Waals surface area contributed by atoms with Gasteiger partial charge in [0.15, 0.2) is 0 Å². The summed E-state index contributed by atoms with van der Waals surface area (Å²) in [6.07, 6.45) is 10.9. The summed E-state index contributed by atoms with van der Waals surface area (Å²) in [4.78, 5) is 0. The van der Waals surface area contributed by atoms with E-state index in [1.807, 2.05) is 7.11 Å². The summed E-state index contributed by atoms with van der Waals surface area (Å²) in [6, 6.07) is 0. The minimum Gasteiger partial charge on any atom is -0.397 e. The minimum absolute atomic E-state index is 0.412. The van der Waals surface area contributed by atoms with Crippen molar-refractivity contribution in [1.29, 1.82) is 0 Å². The summed E-state index contributed by atoms with van der Waals surface area (Å²) >= 11 is 0. The molecule has 2 rings (SSSR count). The van der Waals surface area contributed by atoms with Gasteiger partial charge in [0, 0.05) is 24.8 Å². The number of rotatable bonds is 5. The van der Waals surface area contributed by atoms with Crippen LogP contribution in [-0.4, -0.2) is 22.3 Å². The standard InChI is InChI=1S/C16H32O2Si/c1-5-18-19(17-4,14-10-7-6-8-11-14)15-12-9-13-16(15,2)3/h14-15H,5-13H2,1-4H3. The first kappa shape index (κ1) is 15.5. The first-order chi connectivity index (χ1) is 9.07. The Bertz CT molecular complexity index is 286. The van der Waals surface area contributed by atoms with E-state index < -0.39 is 8.56 Å². The van der Waals surface area contributed by atoms with Gasteiger partial charge in [-0.15, -0.1) is 0 Å². The van der Waals surface area contributed by atoms with Gasteiger partial charge in [-0.2, -0.15) is 0 Å². The van der Waals surface area contributed by atoms with Crippen molar-refractivity contribution in [3.05, 3.63) is 0 Å². The Morgan fingerprint density at radius 2 is 1.74 bits per heavy atom. The van der Waals surface area contributed by atoms with Gasteiger partial charge in [0.25, 0.3) is 0 Å². The van der Waals surface area contributed by atoms with Crippen molar-refractivity contribution in [3.8, 4) is 0 Å². The SMILES string of the molecule is CCO[Si](OC)(C1CCCCC1)C1CCCC1(C)C. The lowest BCUT2D eigenvalue weighted by atomic mass is 9.91. The van der Waals surface area contributed by atoms with Crippen LogP contribution in [0.1, 0.15) is 72.1 Å². The molecule has 0 amide bonds. The van der Waals surface area contributed by atoms with Crippen LogP contribution < -0.4 is 0 Å². The highest BCUT2D eigenvalue weighted by Crippen LogP contribution is 2.57. The maximum absolute atomic E-state index is 6.45. The molecular formula is C16H32O2Si. The smallest absolute Gasteiger partial charge is 0.344 e. The molecule has 0 aromatic carbocycles. The second-order valence-corrected chi connectivity index (χ2v) is 10.8. The van der Waals surface area contributed by atoms with E-state index in [4.69, 9.17) is 8.85 Å². The molecule has 2 saturated carbocycles. The van der Waals surface area contributed by atoms with E-state index in [0.717, 1.165) is 12.1 Å². The molecule has 112 valence electrons. The van der Waals surface area contributed by atoms with Gasteiger partial charge in [-0.05, 0) is 38.0 Å². The molecule has 0 aliphatic heterocycles. The topological polar surface area (TPSA) is 18.5 Å². The molecule has 0 spiro atoms. The molecule has 2 aliphatic carbocycles. The van der Waals surface area contributed by atoms with Crippen LogP contribution in [0.4, 0.5) is 0 Å². The lowest BCUT2D eigenvalue weighted by Gasteiger charge is -2.46. The Hall–Kier alpha value is 0.137. The van der Waals surface area contributed by atoms with Crippen LogP contribution in [0.2, 0.25) is 11.1 Å². The van der Waals surface area contributed by atoms with E-state index in [9.17, 15) is 0 Å². The molecule has 0 bridgehead atoms. The van der Waals surface area contributed by atoms with Gasteiger partial charge in [0.05, 0.1) is 0 Å². The molecule has 0 radical (unpaired) electrons. The predicted octanol–water partition coefficient (Wildman–Crippen LogP) is 5.03. The average Bonchev–Trinajstić information content (AvgIpc) is 2.77. The summed E-state index contributed by atoms with van der Waals surface area (Å²) in [5.74, 6) is 0. The van der Waals surface area contributed by atoms with E-state index in [-0.39, 0.29) is 0 Å². The Labute approximate surface area is 120 Å². The molecule has 2 unspecified atom stereocenters. The maximum Gasteiger partial charge on any atom is 0.344 e. The normalized spacial score (nSPS) is 31.3. The van der Waals surface area contributed by atoms with Gasteiger partial charge >= 0.3 is 8.56 Å². The van der Waals surface area contributed by atoms with E-state index in [1.54, 1.807) is 0 Å². The number of hydrogen-bond acceptors (Lipinski definition) is 2. The fraction of sp³-hybridized carbons (Fsp3) is 1.00. The fourth-order valence-corrected chi connectivity index (χ4v) is 9.92. The third-order valence-electron chi connectivity index (χ3n) is 5.61. The molecule has 2 fully saturated rings. The van der Waals surface area contributed by atoms with E-state index in [0.29, 0.717) is 11.0 Å². The molecule has 0 N–H and O–H groups in total. The van der Waals surface area contributed by atoms with Gasteiger partial charge in [0.2, 0.25) is 0 Å². The Balaban J connectivity index is 2.26. The molecule has 2 atom stereocenters.